The molecule has 1 aromatic carbocycles. The van der Waals surface area contributed by atoms with E-state index < -0.39 is 0 Å². The normalized spacial score (nSPS) is 15.3. The summed E-state index contributed by atoms with van der Waals surface area (Å²) in [6.45, 7) is 5.29. The number of aromatic nitrogens is 3. The standard InChI is InChI=1S/C20H23N5O/c1-15-5-2-6-17-20(15)16(14-21-17)13-19(26)25-10-4-9-24(11-12-25)18-7-3-8-22-23-18/h2-3,5-8,14,21H,4,9-13H2,1H3. The molecule has 6 heteroatoms. The average molecular weight is 349 g/mol. The van der Waals surface area contributed by atoms with E-state index in [-0.39, 0.29) is 5.91 Å². The first-order valence-corrected chi connectivity index (χ1v) is 9.08. The van der Waals surface area contributed by atoms with Crippen LogP contribution in [0, 0.1) is 6.92 Å². The number of carbonyl (C=O) groups excluding carboxylic acids is 1. The van der Waals surface area contributed by atoms with Crippen LogP contribution in [0.4, 0.5) is 5.82 Å². The Labute approximate surface area is 152 Å². The van der Waals surface area contributed by atoms with Gasteiger partial charge in [0.25, 0.3) is 0 Å². The molecule has 1 aliphatic rings. The van der Waals surface area contributed by atoms with Crippen molar-refractivity contribution in [3.05, 3.63) is 53.9 Å². The Kier molecular flexibility index (Phi) is 4.56. The third-order valence-corrected chi connectivity index (χ3v) is 5.07. The SMILES string of the molecule is Cc1cccc2[nH]cc(CC(=O)N3CCCN(c4cccnn4)CC3)c12. The molecule has 0 bridgehead atoms. The number of anilines is 1. The molecule has 1 aliphatic heterocycles. The van der Waals surface area contributed by atoms with Crippen molar-refractivity contribution in [3.8, 4) is 0 Å². The van der Waals surface area contributed by atoms with E-state index in [0.29, 0.717) is 6.42 Å². The number of nitrogens with zero attached hydrogens (tertiary/aromatic N) is 4. The van der Waals surface area contributed by atoms with Crippen LogP contribution in [0.15, 0.2) is 42.7 Å². The van der Waals surface area contributed by atoms with Crippen LogP contribution in [-0.2, 0) is 11.2 Å². The van der Waals surface area contributed by atoms with Gasteiger partial charge in [-0.05, 0) is 42.7 Å². The molecule has 4 rings (SSSR count). The number of benzene rings is 1. The predicted octanol–water partition coefficient (Wildman–Crippen LogP) is 2.55. The van der Waals surface area contributed by atoms with Gasteiger partial charge < -0.3 is 14.8 Å². The fourth-order valence-corrected chi connectivity index (χ4v) is 3.72. The van der Waals surface area contributed by atoms with Gasteiger partial charge in [0, 0.05) is 49.5 Å². The lowest BCUT2D eigenvalue weighted by Crippen LogP contribution is -2.36. The Bertz CT molecular complexity index is 905. The second-order valence-electron chi connectivity index (χ2n) is 6.79. The van der Waals surface area contributed by atoms with Crippen LogP contribution < -0.4 is 4.90 Å². The third kappa shape index (κ3) is 3.27. The van der Waals surface area contributed by atoms with Crippen molar-refractivity contribution < 1.29 is 4.79 Å². The van der Waals surface area contributed by atoms with Gasteiger partial charge in [-0.3, -0.25) is 4.79 Å². The summed E-state index contributed by atoms with van der Waals surface area (Å²) in [6.07, 6.45) is 5.03. The van der Waals surface area contributed by atoms with Crippen LogP contribution in [0.25, 0.3) is 10.9 Å². The van der Waals surface area contributed by atoms with Crippen LogP contribution in [-0.4, -0.2) is 52.2 Å². The highest BCUT2D eigenvalue weighted by atomic mass is 16.2. The second kappa shape index (κ2) is 7.15. The Morgan fingerprint density at radius 3 is 2.92 bits per heavy atom. The van der Waals surface area contributed by atoms with Gasteiger partial charge in [-0.25, -0.2) is 0 Å². The van der Waals surface area contributed by atoms with E-state index in [0.717, 1.165) is 49.5 Å². The van der Waals surface area contributed by atoms with Gasteiger partial charge in [0.05, 0.1) is 6.42 Å². The van der Waals surface area contributed by atoms with Crippen LogP contribution >= 0.6 is 0 Å². The number of rotatable bonds is 3. The first-order chi connectivity index (χ1) is 12.7. The maximum Gasteiger partial charge on any atom is 0.227 e. The highest BCUT2D eigenvalue weighted by Crippen LogP contribution is 2.23. The largest absolute Gasteiger partial charge is 0.361 e. The molecular formula is C20H23N5O. The van der Waals surface area contributed by atoms with Crippen molar-refractivity contribution in [2.75, 3.05) is 31.1 Å². The van der Waals surface area contributed by atoms with E-state index in [2.05, 4.69) is 39.1 Å². The molecular weight excluding hydrogens is 326 g/mol. The minimum absolute atomic E-state index is 0.190. The van der Waals surface area contributed by atoms with Crippen molar-refractivity contribution in [1.82, 2.24) is 20.1 Å². The first-order valence-electron chi connectivity index (χ1n) is 9.08. The predicted molar refractivity (Wildman–Crippen MR) is 102 cm³/mol. The molecule has 0 atom stereocenters. The molecule has 0 spiro atoms. The van der Waals surface area contributed by atoms with Crippen molar-refractivity contribution in [3.63, 3.8) is 0 Å². The third-order valence-electron chi connectivity index (χ3n) is 5.07. The smallest absolute Gasteiger partial charge is 0.227 e. The Morgan fingerprint density at radius 1 is 1.15 bits per heavy atom. The molecule has 3 aromatic rings. The van der Waals surface area contributed by atoms with Crippen LogP contribution in [0.3, 0.4) is 0 Å². The zero-order valence-electron chi connectivity index (χ0n) is 15.0. The molecule has 134 valence electrons. The topological polar surface area (TPSA) is 65.1 Å². The molecule has 26 heavy (non-hydrogen) atoms. The fraction of sp³-hybridized carbons (Fsp3) is 0.350. The number of carbonyl (C=O) groups is 1. The number of H-pyrrole nitrogens is 1. The number of amides is 1. The summed E-state index contributed by atoms with van der Waals surface area (Å²) in [5.41, 5.74) is 3.38. The fourth-order valence-electron chi connectivity index (χ4n) is 3.72. The molecule has 1 saturated heterocycles. The lowest BCUT2D eigenvalue weighted by Gasteiger charge is -2.22. The van der Waals surface area contributed by atoms with Gasteiger partial charge >= 0.3 is 0 Å². The number of hydrogen-bond donors (Lipinski definition) is 1. The van der Waals surface area contributed by atoms with E-state index >= 15 is 0 Å². The Morgan fingerprint density at radius 2 is 2.08 bits per heavy atom. The van der Waals surface area contributed by atoms with E-state index in [1.165, 1.54) is 10.9 Å². The maximum atomic E-state index is 12.9. The lowest BCUT2D eigenvalue weighted by molar-refractivity contribution is -0.130. The molecule has 6 nitrogen and oxygen atoms in total. The van der Waals surface area contributed by atoms with E-state index in [1.54, 1.807) is 6.20 Å². The number of nitrogens with one attached hydrogen (secondary N) is 1. The quantitative estimate of drug-likeness (QED) is 0.789. The van der Waals surface area contributed by atoms with Gasteiger partial charge in [0.15, 0.2) is 5.82 Å². The molecule has 1 N–H and O–H groups in total. The number of fused-ring (bicyclic) bond motifs is 1. The summed E-state index contributed by atoms with van der Waals surface area (Å²) >= 11 is 0. The summed E-state index contributed by atoms with van der Waals surface area (Å²) in [4.78, 5) is 20.4. The minimum Gasteiger partial charge on any atom is -0.361 e. The summed E-state index contributed by atoms with van der Waals surface area (Å²) < 4.78 is 0. The maximum absolute atomic E-state index is 12.9. The monoisotopic (exact) mass is 349 g/mol. The summed E-state index contributed by atoms with van der Waals surface area (Å²) in [6, 6.07) is 10.1. The second-order valence-corrected chi connectivity index (χ2v) is 6.79. The van der Waals surface area contributed by atoms with Crippen molar-refractivity contribution >= 4 is 22.6 Å². The molecule has 2 aromatic heterocycles. The highest BCUT2D eigenvalue weighted by Gasteiger charge is 2.21. The Hall–Kier alpha value is -2.89. The van der Waals surface area contributed by atoms with E-state index in [4.69, 9.17) is 0 Å². The van der Waals surface area contributed by atoms with Crippen LogP contribution in [0.5, 0.6) is 0 Å². The van der Waals surface area contributed by atoms with E-state index in [1.807, 2.05) is 29.3 Å². The van der Waals surface area contributed by atoms with E-state index in [9.17, 15) is 4.79 Å². The van der Waals surface area contributed by atoms with Gasteiger partial charge in [0.2, 0.25) is 5.91 Å². The van der Waals surface area contributed by atoms with Gasteiger partial charge in [-0.2, -0.15) is 5.10 Å². The average Bonchev–Trinajstić information content (AvgIpc) is 2.91. The molecule has 0 radical (unpaired) electrons. The zero-order chi connectivity index (χ0) is 17.9. The Balaban J connectivity index is 1.45. The van der Waals surface area contributed by atoms with Crippen molar-refractivity contribution in [2.45, 2.75) is 19.8 Å². The van der Waals surface area contributed by atoms with Gasteiger partial charge in [-0.1, -0.05) is 12.1 Å². The molecule has 0 unspecified atom stereocenters. The minimum atomic E-state index is 0.190. The molecule has 0 saturated carbocycles. The van der Waals surface area contributed by atoms with Gasteiger partial charge in [0.1, 0.15) is 0 Å². The van der Waals surface area contributed by atoms with Crippen molar-refractivity contribution in [2.24, 2.45) is 0 Å². The first kappa shape index (κ1) is 16.6. The number of aryl methyl sites for hydroxylation is 1. The summed E-state index contributed by atoms with van der Waals surface area (Å²) in [5.74, 6) is 1.07. The van der Waals surface area contributed by atoms with Crippen LogP contribution in [0.2, 0.25) is 0 Å². The molecule has 3 heterocycles. The van der Waals surface area contributed by atoms with Crippen LogP contribution in [0.1, 0.15) is 17.5 Å². The molecule has 1 fully saturated rings. The number of aromatic amines is 1. The molecule has 1 amide bonds. The summed E-state index contributed by atoms with van der Waals surface area (Å²) in [7, 11) is 0. The number of hydrogen-bond acceptors (Lipinski definition) is 4. The molecule has 0 aliphatic carbocycles. The van der Waals surface area contributed by atoms with Crippen molar-refractivity contribution in [1.29, 1.82) is 0 Å². The lowest BCUT2D eigenvalue weighted by atomic mass is 10.0. The van der Waals surface area contributed by atoms with Gasteiger partial charge in [-0.15, -0.1) is 5.10 Å². The highest BCUT2D eigenvalue weighted by molar-refractivity contribution is 5.91. The summed E-state index contributed by atoms with van der Waals surface area (Å²) in [5, 5.41) is 9.32. The zero-order valence-corrected chi connectivity index (χ0v) is 15.0.